The molecule has 0 saturated carbocycles. The summed E-state index contributed by atoms with van der Waals surface area (Å²) in [5.41, 5.74) is 7.39. The molecule has 0 atom stereocenters. The van der Waals surface area contributed by atoms with Crippen LogP contribution in [0.1, 0.15) is 58.2 Å². The van der Waals surface area contributed by atoms with Gasteiger partial charge in [0, 0.05) is 13.1 Å². The fourth-order valence-corrected chi connectivity index (χ4v) is 8.59. The third kappa shape index (κ3) is 8.98. The highest BCUT2D eigenvalue weighted by atomic mass is 15.6. The zero-order valence-corrected chi connectivity index (χ0v) is 34.1. The monoisotopic (exact) mass is 787 g/mol. The summed E-state index contributed by atoms with van der Waals surface area (Å²) < 4.78 is 1.94. The van der Waals surface area contributed by atoms with Gasteiger partial charge in [0.2, 0.25) is 5.95 Å². The Labute approximate surface area is 354 Å². The van der Waals surface area contributed by atoms with Crippen LogP contribution in [-0.4, -0.2) is 46.4 Å². The Morgan fingerprint density at radius 1 is 0.400 bits per heavy atom. The van der Waals surface area contributed by atoms with Crippen LogP contribution >= 0.6 is 0 Å². The normalized spacial score (nSPS) is 11.7. The minimum atomic E-state index is -0.530. The first-order valence-corrected chi connectivity index (χ1v) is 21.2. The van der Waals surface area contributed by atoms with Crippen LogP contribution < -0.4 is 15.5 Å². The molecule has 8 aromatic rings. The van der Waals surface area contributed by atoms with Gasteiger partial charge in [-0.15, -0.1) is 0 Å². The molecule has 60 heavy (non-hydrogen) atoms. The zero-order valence-electron chi connectivity index (χ0n) is 34.1. The maximum absolute atomic E-state index is 4.63. The van der Waals surface area contributed by atoms with Crippen LogP contribution in [0.25, 0.3) is 0 Å². The van der Waals surface area contributed by atoms with E-state index in [0.717, 1.165) is 57.0 Å². The van der Waals surface area contributed by atoms with Crippen LogP contribution in [0.15, 0.2) is 212 Å². The van der Waals surface area contributed by atoms with E-state index in [1.807, 2.05) is 10.7 Å². The van der Waals surface area contributed by atoms with Crippen molar-refractivity contribution in [3.63, 3.8) is 0 Å². The molecule has 0 fully saturated rings. The number of unbranched alkanes of at least 4 members (excludes halogenated alkanes) is 1. The third-order valence-electron chi connectivity index (χ3n) is 11.5. The Hall–Kier alpha value is -6.67. The zero-order chi connectivity index (χ0) is 40.7. The van der Waals surface area contributed by atoms with Crippen molar-refractivity contribution in [1.82, 2.24) is 30.8 Å². The van der Waals surface area contributed by atoms with Crippen molar-refractivity contribution < 1.29 is 0 Å². The average molecular weight is 788 g/mol. The molecule has 7 nitrogen and oxygen atoms in total. The molecule has 0 aliphatic heterocycles. The second-order valence-electron chi connectivity index (χ2n) is 15.2. The van der Waals surface area contributed by atoms with Crippen LogP contribution in [0.3, 0.4) is 0 Å². The summed E-state index contributed by atoms with van der Waals surface area (Å²) >= 11 is 0. The van der Waals surface area contributed by atoms with Gasteiger partial charge in [-0.2, -0.15) is 0 Å². The van der Waals surface area contributed by atoms with Gasteiger partial charge in [0.25, 0.3) is 0 Å². The predicted octanol–water partition coefficient (Wildman–Crippen LogP) is 9.86. The molecule has 0 bridgehead atoms. The summed E-state index contributed by atoms with van der Waals surface area (Å²) in [4.78, 5) is 2.37. The van der Waals surface area contributed by atoms with Gasteiger partial charge in [-0.1, -0.05) is 217 Å². The van der Waals surface area contributed by atoms with Crippen molar-refractivity contribution in [2.45, 2.75) is 36.9 Å². The molecule has 7 aromatic carbocycles. The van der Waals surface area contributed by atoms with E-state index >= 15 is 0 Å². The first-order valence-electron chi connectivity index (χ1n) is 21.2. The van der Waals surface area contributed by atoms with Gasteiger partial charge < -0.3 is 4.90 Å². The van der Waals surface area contributed by atoms with Crippen LogP contribution in [0, 0.1) is 0 Å². The average Bonchev–Trinajstić information content (AvgIpc) is 3.79. The molecular weight excluding hydrogens is 735 g/mol. The van der Waals surface area contributed by atoms with E-state index in [-0.39, 0.29) is 0 Å². The maximum Gasteiger partial charge on any atom is 0.245 e. The van der Waals surface area contributed by atoms with Crippen LogP contribution in [0.2, 0.25) is 0 Å². The molecule has 300 valence electrons. The number of hydrogen-bond acceptors (Lipinski definition) is 6. The van der Waals surface area contributed by atoms with Gasteiger partial charge in [0.15, 0.2) is 0 Å². The molecule has 0 aliphatic carbocycles. The van der Waals surface area contributed by atoms with E-state index in [4.69, 9.17) is 0 Å². The quantitative estimate of drug-likeness (QED) is 0.0593. The molecule has 0 radical (unpaired) electrons. The lowest BCUT2D eigenvalue weighted by Crippen LogP contribution is -2.46. The number of rotatable bonds is 20. The molecule has 0 unspecified atom stereocenters. The van der Waals surface area contributed by atoms with Gasteiger partial charge in [0.05, 0.1) is 17.6 Å². The van der Waals surface area contributed by atoms with Gasteiger partial charge >= 0.3 is 0 Å². The Morgan fingerprint density at radius 2 is 0.733 bits per heavy atom. The summed E-state index contributed by atoms with van der Waals surface area (Å²) in [6.45, 7) is 3.78. The molecule has 1 heterocycles. The lowest BCUT2D eigenvalue weighted by atomic mass is 9.77. The SMILES string of the molecule is c1ccc(Cn2nnnc2N(CCCCNC(c2ccccc2)(c2ccccc2)c2ccccc2)CCCNC(c2ccccc2)(c2ccccc2)c2ccccc2)cc1. The first kappa shape index (κ1) is 40.1. The van der Waals surface area contributed by atoms with Gasteiger partial charge in [0.1, 0.15) is 0 Å². The summed E-state index contributed by atoms with van der Waals surface area (Å²) in [6.07, 6.45) is 2.79. The number of aromatic nitrogens is 4. The number of nitrogens with one attached hydrogen (secondary N) is 2. The predicted molar refractivity (Wildman–Crippen MR) is 244 cm³/mol. The third-order valence-corrected chi connectivity index (χ3v) is 11.5. The fraction of sp³-hybridized carbons (Fsp3) is 0.189. The van der Waals surface area contributed by atoms with E-state index in [1.165, 1.54) is 33.4 Å². The number of nitrogens with zero attached hydrogens (tertiary/aromatic N) is 5. The summed E-state index contributed by atoms with van der Waals surface area (Å²) in [5.74, 6) is 0.791. The molecule has 7 heteroatoms. The molecule has 8 rings (SSSR count). The summed E-state index contributed by atoms with van der Waals surface area (Å²) in [5, 5.41) is 21.5. The van der Waals surface area contributed by atoms with E-state index in [9.17, 15) is 0 Å². The lowest BCUT2D eigenvalue weighted by molar-refractivity contribution is 0.454. The van der Waals surface area contributed by atoms with Crippen molar-refractivity contribution in [1.29, 1.82) is 0 Å². The van der Waals surface area contributed by atoms with Gasteiger partial charge in [-0.05, 0) is 81.7 Å². The fourth-order valence-electron chi connectivity index (χ4n) is 8.59. The number of benzene rings is 7. The van der Waals surface area contributed by atoms with Gasteiger partial charge in [-0.3, -0.25) is 10.6 Å². The molecule has 0 spiro atoms. The van der Waals surface area contributed by atoms with Crippen LogP contribution in [0.5, 0.6) is 0 Å². The second kappa shape index (κ2) is 19.9. The highest BCUT2D eigenvalue weighted by Gasteiger charge is 2.37. The maximum atomic E-state index is 4.63. The molecule has 1 aromatic heterocycles. The minimum absolute atomic E-state index is 0.502. The van der Waals surface area contributed by atoms with Crippen molar-refractivity contribution in [3.8, 4) is 0 Å². The van der Waals surface area contributed by atoms with Crippen LogP contribution in [-0.2, 0) is 17.6 Å². The second-order valence-corrected chi connectivity index (χ2v) is 15.2. The Bertz CT molecular complexity index is 2230. The van der Waals surface area contributed by atoms with Crippen LogP contribution in [0.4, 0.5) is 5.95 Å². The van der Waals surface area contributed by atoms with E-state index in [1.54, 1.807) is 0 Å². The van der Waals surface area contributed by atoms with E-state index in [2.05, 4.69) is 237 Å². The Kier molecular flexibility index (Phi) is 13.3. The van der Waals surface area contributed by atoms with Crippen molar-refractivity contribution in [3.05, 3.63) is 251 Å². The standard InChI is InChI=1S/C53H53N7/c1-8-25-44(26-9-1)43-60-51(56-57-58-60)59(42-24-40-55-53(48-33-16-5-17-34-48,49-35-18-6-19-36-49)50-37-20-7-21-38-50)41-23-22-39-54-52(45-27-10-2-11-28-45,46-29-12-3-13-30-46)47-31-14-4-15-32-47/h1-21,25-38,54-55H,22-24,39-43H2. The lowest BCUT2D eigenvalue weighted by Gasteiger charge is -2.37. The number of anilines is 1. The van der Waals surface area contributed by atoms with Crippen molar-refractivity contribution in [2.75, 3.05) is 31.1 Å². The molecule has 0 saturated heterocycles. The Morgan fingerprint density at radius 3 is 1.12 bits per heavy atom. The summed E-state index contributed by atoms with van der Waals surface area (Å²) in [6, 6.07) is 75.3. The van der Waals surface area contributed by atoms with Gasteiger partial charge in [-0.25, -0.2) is 4.68 Å². The van der Waals surface area contributed by atoms with E-state index in [0.29, 0.717) is 6.54 Å². The first-order chi connectivity index (χ1) is 29.8. The smallest absolute Gasteiger partial charge is 0.245 e. The van der Waals surface area contributed by atoms with Crippen molar-refractivity contribution in [2.24, 2.45) is 0 Å². The highest BCUT2D eigenvalue weighted by molar-refractivity contribution is 5.51. The number of tetrazole rings is 1. The molecule has 0 aliphatic rings. The van der Waals surface area contributed by atoms with E-state index < -0.39 is 11.1 Å². The summed E-state index contributed by atoms with van der Waals surface area (Å²) in [7, 11) is 0. The highest BCUT2D eigenvalue weighted by Crippen LogP contribution is 2.38. The van der Waals surface area contributed by atoms with Crippen molar-refractivity contribution >= 4 is 5.95 Å². The molecular formula is C53H53N7. The molecule has 0 amide bonds. The Balaban J connectivity index is 1.02. The largest absolute Gasteiger partial charge is 0.340 e. The minimum Gasteiger partial charge on any atom is -0.340 e. The molecule has 2 N–H and O–H groups in total. The topological polar surface area (TPSA) is 70.9 Å². The number of hydrogen-bond donors (Lipinski definition) is 2.